The van der Waals surface area contributed by atoms with Crippen molar-refractivity contribution in [1.29, 1.82) is 0 Å². The zero-order chi connectivity index (χ0) is 20.7. The van der Waals surface area contributed by atoms with Gasteiger partial charge in [-0.2, -0.15) is 0 Å². The van der Waals surface area contributed by atoms with Crippen molar-refractivity contribution < 1.29 is 14.4 Å². The van der Waals surface area contributed by atoms with Crippen LogP contribution >= 0.6 is 15.9 Å². The van der Waals surface area contributed by atoms with Crippen LogP contribution < -0.4 is 10.6 Å². The maximum absolute atomic E-state index is 12.2. The number of anilines is 2. The largest absolute Gasteiger partial charge is 0.345 e. The third-order valence-electron chi connectivity index (χ3n) is 3.62. The zero-order valence-electron chi connectivity index (χ0n) is 15.9. The lowest BCUT2D eigenvalue weighted by atomic mass is 10.2. The molecule has 3 amide bonds. The second-order valence-electron chi connectivity index (χ2n) is 6.41. The quantitative estimate of drug-likeness (QED) is 0.677. The summed E-state index contributed by atoms with van der Waals surface area (Å²) in [4.78, 5) is 43.4. The minimum atomic E-state index is -0.286. The van der Waals surface area contributed by atoms with Gasteiger partial charge in [-0.3, -0.25) is 19.3 Å². The molecule has 0 unspecified atom stereocenters. The van der Waals surface area contributed by atoms with Gasteiger partial charge in [0.1, 0.15) is 5.82 Å². The highest BCUT2D eigenvalue weighted by Gasteiger charge is 2.13. The molecule has 148 valence electrons. The Morgan fingerprint density at radius 3 is 2.29 bits per heavy atom. The number of aromatic nitrogens is 1. The molecular weight excluding hydrogens is 426 g/mol. The average molecular weight is 448 g/mol. The summed E-state index contributed by atoms with van der Waals surface area (Å²) in [5, 5.41) is 5.40. The van der Waals surface area contributed by atoms with Crippen molar-refractivity contribution >= 4 is 45.2 Å². The standard InChI is InChI=1S/C19H22BrN5O3/c1-24(2)19(28)13-5-4-6-15(9-13)22-17(26)11-25(3)12-18(27)23-16-8-7-14(20)10-21-16/h4-10H,11-12H2,1-3H3,(H,22,26)(H,21,23,27). The fourth-order valence-corrected chi connectivity index (χ4v) is 2.60. The van der Waals surface area contributed by atoms with Gasteiger partial charge in [-0.05, 0) is 53.3 Å². The molecule has 0 radical (unpaired) electrons. The van der Waals surface area contributed by atoms with Crippen molar-refractivity contribution in [2.24, 2.45) is 0 Å². The summed E-state index contributed by atoms with van der Waals surface area (Å²) in [5.41, 5.74) is 1.01. The number of carbonyl (C=O) groups is 3. The molecule has 28 heavy (non-hydrogen) atoms. The number of carbonyl (C=O) groups excluding carboxylic acids is 3. The molecule has 0 bridgehead atoms. The van der Waals surface area contributed by atoms with Gasteiger partial charge in [-0.25, -0.2) is 4.98 Å². The Kier molecular flexibility index (Phi) is 7.65. The molecular formula is C19H22BrN5O3. The van der Waals surface area contributed by atoms with E-state index in [1.54, 1.807) is 68.6 Å². The maximum Gasteiger partial charge on any atom is 0.253 e. The number of nitrogens with one attached hydrogen (secondary N) is 2. The first-order chi connectivity index (χ1) is 13.2. The molecule has 1 heterocycles. The Morgan fingerprint density at radius 1 is 1.00 bits per heavy atom. The SMILES string of the molecule is CN(CC(=O)Nc1cccc(C(=O)N(C)C)c1)CC(=O)Nc1ccc(Br)cn1. The molecule has 2 N–H and O–H groups in total. The third-order valence-corrected chi connectivity index (χ3v) is 4.09. The Morgan fingerprint density at radius 2 is 1.68 bits per heavy atom. The smallest absolute Gasteiger partial charge is 0.253 e. The van der Waals surface area contributed by atoms with Crippen LogP contribution in [-0.4, -0.2) is 66.7 Å². The fourth-order valence-electron chi connectivity index (χ4n) is 2.37. The number of hydrogen-bond donors (Lipinski definition) is 2. The molecule has 8 nitrogen and oxygen atoms in total. The van der Waals surface area contributed by atoms with E-state index in [0.29, 0.717) is 17.1 Å². The molecule has 0 aliphatic carbocycles. The summed E-state index contributed by atoms with van der Waals surface area (Å²) in [5.74, 6) is -0.268. The molecule has 2 rings (SSSR count). The summed E-state index contributed by atoms with van der Waals surface area (Å²) in [6.45, 7) is 0.0529. The Labute approximate surface area is 172 Å². The van der Waals surface area contributed by atoms with Crippen LogP contribution in [0.25, 0.3) is 0 Å². The van der Waals surface area contributed by atoms with E-state index in [9.17, 15) is 14.4 Å². The minimum Gasteiger partial charge on any atom is -0.345 e. The Hall–Kier alpha value is -2.78. The van der Waals surface area contributed by atoms with Crippen LogP contribution in [0.4, 0.5) is 11.5 Å². The predicted molar refractivity (Wildman–Crippen MR) is 111 cm³/mol. The van der Waals surface area contributed by atoms with Gasteiger partial charge in [0.2, 0.25) is 11.8 Å². The Bertz CT molecular complexity index is 855. The first-order valence-corrected chi connectivity index (χ1v) is 9.25. The lowest BCUT2D eigenvalue weighted by Gasteiger charge is -2.16. The van der Waals surface area contributed by atoms with Gasteiger partial charge in [-0.15, -0.1) is 0 Å². The van der Waals surface area contributed by atoms with E-state index in [-0.39, 0.29) is 30.8 Å². The van der Waals surface area contributed by atoms with Crippen LogP contribution in [0.5, 0.6) is 0 Å². The van der Waals surface area contributed by atoms with Gasteiger partial charge >= 0.3 is 0 Å². The molecule has 0 aliphatic rings. The number of nitrogens with zero attached hydrogens (tertiary/aromatic N) is 3. The van der Waals surface area contributed by atoms with Crippen LogP contribution in [0.2, 0.25) is 0 Å². The second kappa shape index (κ2) is 9.95. The summed E-state index contributed by atoms with van der Waals surface area (Å²) < 4.78 is 0.815. The monoisotopic (exact) mass is 447 g/mol. The van der Waals surface area contributed by atoms with Crippen LogP contribution in [0, 0.1) is 0 Å². The molecule has 1 aromatic carbocycles. The lowest BCUT2D eigenvalue weighted by molar-refractivity contribution is -0.119. The summed E-state index contributed by atoms with van der Waals surface area (Å²) in [6.07, 6.45) is 1.59. The number of rotatable bonds is 7. The number of benzene rings is 1. The van der Waals surface area contributed by atoms with Gasteiger partial charge in [0.15, 0.2) is 0 Å². The van der Waals surface area contributed by atoms with Crippen molar-refractivity contribution in [2.45, 2.75) is 0 Å². The highest BCUT2D eigenvalue weighted by atomic mass is 79.9. The van der Waals surface area contributed by atoms with Gasteiger partial charge in [0.25, 0.3) is 5.91 Å². The van der Waals surface area contributed by atoms with Crippen LogP contribution in [0.3, 0.4) is 0 Å². The molecule has 0 spiro atoms. The molecule has 0 saturated heterocycles. The van der Waals surface area contributed by atoms with Gasteiger partial charge in [-0.1, -0.05) is 6.07 Å². The van der Waals surface area contributed by atoms with Crippen molar-refractivity contribution in [3.63, 3.8) is 0 Å². The van der Waals surface area contributed by atoms with E-state index < -0.39 is 0 Å². The van der Waals surface area contributed by atoms with Crippen molar-refractivity contribution in [3.8, 4) is 0 Å². The summed E-state index contributed by atoms with van der Waals surface area (Å²) >= 11 is 3.28. The molecule has 0 aliphatic heterocycles. The first-order valence-electron chi connectivity index (χ1n) is 8.46. The lowest BCUT2D eigenvalue weighted by Crippen LogP contribution is -2.36. The first kappa shape index (κ1) is 21.5. The van der Waals surface area contributed by atoms with Crippen molar-refractivity contribution in [1.82, 2.24) is 14.8 Å². The third kappa shape index (κ3) is 6.75. The molecule has 2 aromatic rings. The van der Waals surface area contributed by atoms with E-state index in [1.807, 2.05) is 0 Å². The number of amides is 3. The molecule has 0 saturated carbocycles. The fraction of sp³-hybridized carbons (Fsp3) is 0.263. The highest BCUT2D eigenvalue weighted by Crippen LogP contribution is 2.12. The number of halogens is 1. The molecule has 0 fully saturated rings. The van der Waals surface area contributed by atoms with Gasteiger partial charge in [0.05, 0.1) is 13.1 Å². The van der Waals surface area contributed by atoms with Crippen molar-refractivity contribution in [3.05, 3.63) is 52.6 Å². The second-order valence-corrected chi connectivity index (χ2v) is 7.33. The van der Waals surface area contributed by atoms with E-state index in [0.717, 1.165) is 4.47 Å². The van der Waals surface area contributed by atoms with Crippen LogP contribution in [0.1, 0.15) is 10.4 Å². The summed E-state index contributed by atoms with van der Waals surface area (Å²) in [7, 11) is 4.99. The highest BCUT2D eigenvalue weighted by molar-refractivity contribution is 9.10. The molecule has 1 aromatic heterocycles. The average Bonchev–Trinajstić information content (AvgIpc) is 2.62. The summed E-state index contributed by atoms with van der Waals surface area (Å²) in [6, 6.07) is 10.2. The molecule has 9 heteroatoms. The van der Waals surface area contributed by atoms with Crippen LogP contribution in [0.15, 0.2) is 47.1 Å². The Balaban J connectivity index is 1.85. The van der Waals surface area contributed by atoms with Gasteiger partial charge in [0, 0.05) is 36.0 Å². The predicted octanol–water partition coefficient (Wildman–Crippen LogP) is 2.05. The van der Waals surface area contributed by atoms with E-state index in [1.165, 1.54) is 4.90 Å². The number of hydrogen-bond acceptors (Lipinski definition) is 5. The van der Waals surface area contributed by atoms with Crippen LogP contribution in [-0.2, 0) is 9.59 Å². The minimum absolute atomic E-state index is 0.0209. The van der Waals surface area contributed by atoms with E-state index in [2.05, 4.69) is 31.5 Å². The topological polar surface area (TPSA) is 94.6 Å². The van der Waals surface area contributed by atoms with Gasteiger partial charge < -0.3 is 15.5 Å². The normalized spacial score (nSPS) is 10.5. The molecule has 0 atom stereocenters. The van der Waals surface area contributed by atoms with E-state index >= 15 is 0 Å². The zero-order valence-corrected chi connectivity index (χ0v) is 17.5. The number of likely N-dealkylation sites (N-methyl/N-ethyl adjacent to an activating group) is 1. The van der Waals surface area contributed by atoms with E-state index in [4.69, 9.17) is 0 Å². The van der Waals surface area contributed by atoms with Crippen molar-refractivity contribution in [2.75, 3.05) is 44.9 Å². The number of pyridine rings is 1. The maximum atomic E-state index is 12.2.